The average molecular weight is 630 g/mol. The van der Waals surface area contributed by atoms with Gasteiger partial charge in [-0.3, -0.25) is 19.3 Å². The lowest BCUT2D eigenvalue weighted by molar-refractivity contribution is -0.173. The van der Waals surface area contributed by atoms with Crippen molar-refractivity contribution in [3.63, 3.8) is 0 Å². The third kappa shape index (κ3) is 6.18. The Labute approximate surface area is 248 Å². The van der Waals surface area contributed by atoms with Gasteiger partial charge >= 0.3 is 11.9 Å². The van der Waals surface area contributed by atoms with E-state index in [0.29, 0.717) is 11.3 Å². The van der Waals surface area contributed by atoms with Crippen LogP contribution in [0.5, 0.6) is 0 Å². The number of fused-ring (bicyclic) bond motifs is 1. The summed E-state index contributed by atoms with van der Waals surface area (Å²) in [5.41, 5.74) is 5.58. The Morgan fingerprint density at radius 3 is 2.59 bits per heavy atom. The number of nitrogens with zero attached hydrogens (tertiary/aromatic N) is 3. The number of β-lactam (4-membered cyclic amide) rings is 1. The van der Waals surface area contributed by atoms with E-state index in [1.165, 1.54) is 23.8 Å². The molecule has 2 saturated heterocycles. The van der Waals surface area contributed by atoms with Gasteiger partial charge in [-0.25, -0.2) is 9.78 Å². The predicted octanol–water partition coefficient (Wildman–Crippen LogP) is 1.13. The van der Waals surface area contributed by atoms with Crippen molar-refractivity contribution in [1.82, 2.24) is 15.2 Å². The summed E-state index contributed by atoms with van der Waals surface area (Å²) < 4.78 is 21.3. The Balaban J connectivity index is 1.60. The molecule has 1 aromatic heterocycles. The predicted molar refractivity (Wildman–Crippen MR) is 151 cm³/mol. The SMILES string of the molecule is CON=C(C(=O)NC1(SC)C(=O)N2C(C(=O)OCOC(=O)C(C)(C)C)=C(C3COCOC3)CS[C@H]21)c1csc(N)n1. The molecule has 0 aliphatic carbocycles. The number of nitrogen functional groups attached to an aromatic ring is 1. The number of carbonyl (C=O) groups is 4. The zero-order chi connectivity index (χ0) is 29.9. The molecule has 1 aromatic rings. The van der Waals surface area contributed by atoms with Gasteiger partial charge in [-0.05, 0) is 32.6 Å². The van der Waals surface area contributed by atoms with Crippen molar-refractivity contribution in [2.24, 2.45) is 16.5 Å². The molecule has 41 heavy (non-hydrogen) atoms. The minimum Gasteiger partial charge on any atom is -0.427 e. The van der Waals surface area contributed by atoms with E-state index in [1.807, 2.05) is 0 Å². The van der Waals surface area contributed by atoms with Crippen molar-refractivity contribution < 1.29 is 43.0 Å². The number of carbonyl (C=O) groups excluding carboxylic acids is 4. The summed E-state index contributed by atoms with van der Waals surface area (Å²) in [4.78, 5) is 61.6. The molecule has 0 saturated carbocycles. The number of thiazole rings is 1. The second-order valence-corrected chi connectivity index (χ2v) is 13.1. The molecule has 3 N–H and O–H groups in total. The molecule has 0 radical (unpaired) electrons. The first-order valence-corrected chi connectivity index (χ1v) is 15.5. The summed E-state index contributed by atoms with van der Waals surface area (Å²) in [5, 5.41) is 7.68. The molecular formula is C24H31N5O9S3. The van der Waals surface area contributed by atoms with Gasteiger partial charge in [0.2, 0.25) is 6.79 Å². The van der Waals surface area contributed by atoms with Crippen LogP contribution in [-0.4, -0.2) is 95.5 Å². The van der Waals surface area contributed by atoms with Gasteiger partial charge in [0.1, 0.15) is 30.7 Å². The molecule has 224 valence electrons. The molecule has 0 spiro atoms. The highest BCUT2D eigenvalue weighted by molar-refractivity contribution is 8.05. The van der Waals surface area contributed by atoms with E-state index in [1.54, 1.807) is 32.4 Å². The Morgan fingerprint density at radius 1 is 1.29 bits per heavy atom. The Morgan fingerprint density at radius 2 is 2.00 bits per heavy atom. The van der Waals surface area contributed by atoms with Gasteiger partial charge in [-0.1, -0.05) is 5.16 Å². The molecule has 0 aromatic carbocycles. The van der Waals surface area contributed by atoms with Crippen molar-refractivity contribution in [2.75, 3.05) is 51.7 Å². The molecule has 2 atom stereocenters. The monoisotopic (exact) mass is 629 g/mol. The van der Waals surface area contributed by atoms with Crippen LogP contribution < -0.4 is 11.1 Å². The number of nitrogens with two attached hydrogens (primary N) is 1. The summed E-state index contributed by atoms with van der Waals surface area (Å²) in [6.07, 6.45) is 1.68. The fraction of sp³-hybridized carbons (Fsp3) is 0.583. The third-order valence-electron chi connectivity index (χ3n) is 6.33. The molecule has 2 fully saturated rings. The van der Waals surface area contributed by atoms with Gasteiger partial charge < -0.3 is 34.8 Å². The minimum atomic E-state index is -1.44. The van der Waals surface area contributed by atoms with E-state index in [-0.39, 0.29) is 48.2 Å². The number of ether oxygens (including phenoxy) is 4. The molecule has 0 bridgehead atoms. The van der Waals surface area contributed by atoms with Crippen LogP contribution in [0, 0.1) is 11.3 Å². The van der Waals surface area contributed by atoms with Gasteiger partial charge in [-0.2, -0.15) is 0 Å². The van der Waals surface area contributed by atoms with Gasteiger partial charge in [0, 0.05) is 17.1 Å². The summed E-state index contributed by atoms with van der Waals surface area (Å²) in [6.45, 7) is 5.09. The van der Waals surface area contributed by atoms with E-state index in [0.717, 1.165) is 23.1 Å². The maximum Gasteiger partial charge on any atom is 0.357 e. The molecule has 4 heterocycles. The molecule has 3 aliphatic rings. The second-order valence-electron chi connectivity index (χ2n) is 10.1. The zero-order valence-corrected chi connectivity index (χ0v) is 25.5. The summed E-state index contributed by atoms with van der Waals surface area (Å²) in [7, 11) is 1.28. The van der Waals surface area contributed by atoms with Crippen LogP contribution in [-0.2, 0) is 43.0 Å². The van der Waals surface area contributed by atoms with Gasteiger partial charge in [0.15, 0.2) is 15.7 Å². The smallest absolute Gasteiger partial charge is 0.357 e. The van der Waals surface area contributed by atoms with Crippen molar-refractivity contribution in [1.29, 1.82) is 0 Å². The number of anilines is 1. The number of oxime groups is 1. The largest absolute Gasteiger partial charge is 0.427 e. The van der Waals surface area contributed by atoms with Crippen LogP contribution in [0.4, 0.5) is 5.13 Å². The number of amides is 2. The number of thioether (sulfide) groups is 2. The third-order valence-corrected chi connectivity index (χ3v) is 9.65. The number of nitrogens with one attached hydrogen (secondary N) is 1. The van der Waals surface area contributed by atoms with Crippen molar-refractivity contribution in [3.05, 3.63) is 22.3 Å². The molecule has 3 aliphatic heterocycles. The highest BCUT2D eigenvalue weighted by Gasteiger charge is 2.66. The number of esters is 2. The van der Waals surface area contributed by atoms with Gasteiger partial charge in [0.25, 0.3) is 11.8 Å². The number of hydrogen-bond donors (Lipinski definition) is 2. The van der Waals surface area contributed by atoms with Crippen molar-refractivity contribution in [3.8, 4) is 0 Å². The summed E-state index contributed by atoms with van der Waals surface area (Å²) in [5.74, 6) is -2.62. The molecule has 4 rings (SSSR count). The van der Waals surface area contributed by atoms with Crippen LogP contribution in [0.3, 0.4) is 0 Å². The van der Waals surface area contributed by atoms with E-state index in [2.05, 4.69) is 15.5 Å². The molecular weight excluding hydrogens is 598 g/mol. The van der Waals surface area contributed by atoms with Gasteiger partial charge in [0.05, 0.1) is 18.6 Å². The van der Waals surface area contributed by atoms with Crippen LogP contribution in [0.25, 0.3) is 0 Å². The average Bonchev–Trinajstić information content (AvgIpc) is 3.38. The summed E-state index contributed by atoms with van der Waals surface area (Å²) in [6, 6.07) is 0. The maximum absolute atomic E-state index is 13.8. The van der Waals surface area contributed by atoms with E-state index in [4.69, 9.17) is 29.5 Å². The molecule has 1 unspecified atom stereocenters. The quantitative estimate of drug-likeness (QED) is 0.131. The van der Waals surface area contributed by atoms with Crippen LogP contribution in [0.2, 0.25) is 0 Å². The van der Waals surface area contributed by atoms with Crippen LogP contribution >= 0.6 is 34.9 Å². The Bertz CT molecular complexity index is 1270. The first kappa shape index (κ1) is 31.1. The van der Waals surface area contributed by atoms with Gasteiger partial charge in [-0.15, -0.1) is 34.9 Å². The van der Waals surface area contributed by atoms with E-state index < -0.39 is 46.2 Å². The van der Waals surface area contributed by atoms with Crippen molar-refractivity contribution >= 4 is 69.5 Å². The number of hydrogen-bond acceptors (Lipinski definition) is 15. The fourth-order valence-corrected chi connectivity index (χ4v) is 7.50. The number of rotatable bonds is 9. The maximum atomic E-state index is 13.8. The lowest BCUT2D eigenvalue weighted by Gasteiger charge is -2.56. The minimum absolute atomic E-state index is 0.0154. The second kappa shape index (κ2) is 12.6. The summed E-state index contributed by atoms with van der Waals surface area (Å²) >= 11 is 3.61. The highest BCUT2D eigenvalue weighted by Crippen LogP contribution is 2.52. The van der Waals surface area contributed by atoms with E-state index >= 15 is 0 Å². The van der Waals surface area contributed by atoms with Crippen molar-refractivity contribution in [2.45, 2.75) is 31.0 Å². The molecule has 17 heteroatoms. The standard InChI is InChI=1S/C24H31N5O9S3/c1-23(2,3)21(33)38-11-37-18(31)16-13(12-6-35-10-36-7-12)8-40-20-24(39-5,19(32)29(16)20)27-17(30)15(28-34-4)14-9-41-22(25)26-14/h9,12,20H,6-8,10-11H2,1-5H3,(H2,25,26)(H,27,30)/t20-,24?/m0/s1. The van der Waals surface area contributed by atoms with E-state index in [9.17, 15) is 19.2 Å². The zero-order valence-electron chi connectivity index (χ0n) is 23.1. The first-order valence-electron chi connectivity index (χ1n) is 12.3. The Hall–Kier alpha value is -2.86. The topological polar surface area (TPSA) is 181 Å². The first-order chi connectivity index (χ1) is 19.4. The Kier molecular flexibility index (Phi) is 9.52. The lowest BCUT2D eigenvalue weighted by Crippen LogP contribution is -2.78. The highest BCUT2D eigenvalue weighted by atomic mass is 32.2. The molecule has 14 nitrogen and oxygen atoms in total. The van der Waals surface area contributed by atoms with Crippen LogP contribution in [0.15, 0.2) is 21.8 Å². The van der Waals surface area contributed by atoms with Crippen LogP contribution in [0.1, 0.15) is 26.5 Å². The normalized spacial score (nSPS) is 23.4. The molecule has 2 amide bonds. The fourth-order valence-electron chi connectivity index (χ4n) is 4.23. The lowest BCUT2D eigenvalue weighted by atomic mass is 9.94. The number of aromatic nitrogens is 1.